The SMILES string of the molecule is CCOC(=O)C(Cl)Cc1cc(-n2c(=O)cc(C(F)(F)F)n3ccnc23)c(F)cc1Cl. The minimum absolute atomic E-state index is 0.0782. The predicted molar refractivity (Wildman–Crippen MR) is 101 cm³/mol. The van der Waals surface area contributed by atoms with E-state index in [1.165, 1.54) is 0 Å². The second-order valence-electron chi connectivity index (χ2n) is 6.12. The lowest BCUT2D eigenvalue weighted by Crippen LogP contribution is -2.26. The zero-order valence-corrected chi connectivity index (χ0v) is 16.7. The molecule has 0 fully saturated rings. The molecule has 0 aliphatic rings. The van der Waals surface area contributed by atoms with Gasteiger partial charge >= 0.3 is 12.1 Å². The fraction of sp³-hybridized carbons (Fsp3) is 0.278. The van der Waals surface area contributed by atoms with Crippen molar-refractivity contribution in [3.8, 4) is 5.69 Å². The van der Waals surface area contributed by atoms with Gasteiger partial charge in [0.05, 0.1) is 12.3 Å². The minimum atomic E-state index is -4.83. The predicted octanol–water partition coefficient (Wildman–Crippen LogP) is 4.01. The largest absolute Gasteiger partial charge is 0.465 e. The quantitative estimate of drug-likeness (QED) is 0.324. The first kappa shape index (κ1) is 22.1. The highest BCUT2D eigenvalue weighted by atomic mass is 35.5. The monoisotopic (exact) mass is 465 g/mol. The molecule has 0 aliphatic carbocycles. The van der Waals surface area contributed by atoms with E-state index in [2.05, 4.69) is 4.98 Å². The second-order valence-corrected chi connectivity index (χ2v) is 7.05. The zero-order valence-electron chi connectivity index (χ0n) is 15.2. The molecule has 2 heterocycles. The first-order valence-corrected chi connectivity index (χ1v) is 9.31. The fourth-order valence-corrected chi connectivity index (χ4v) is 3.32. The van der Waals surface area contributed by atoms with Crippen molar-refractivity contribution < 1.29 is 27.1 Å². The molecule has 0 amide bonds. The number of benzene rings is 1. The molecular formula is C18H13Cl2F4N3O3. The normalized spacial score (nSPS) is 12.9. The molecule has 0 N–H and O–H groups in total. The Kier molecular flexibility index (Phi) is 6.09. The third-order valence-electron chi connectivity index (χ3n) is 4.15. The number of alkyl halides is 4. The molecule has 160 valence electrons. The molecule has 6 nitrogen and oxygen atoms in total. The first-order chi connectivity index (χ1) is 14.0. The number of hydrogen-bond acceptors (Lipinski definition) is 4. The average Bonchev–Trinajstić information content (AvgIpc) is 3.12. The van der Waals surface area contributed by atoms with Crippen molar-refractivity contribution in [3.05, 3.63) is 63.0 Å². The molecule has 2 aromatic heterocycles. The van der Waals surface area contributed by atoms with Crippen LogP contribution in [0.5, 0.6) is 0 Å². The van der Waals surface area contributed by atoms with E-state index < -0.39 is 46.1 Å². The standard InChI is InChI=1S/C18H13Cl2F4N3O3/c1-2-30-16(29)11(20)5-9-6-13(12(21)7-10(9)19)27-15(28)8-14(18(22,23)24)26-4-3-25-17(26)27/h3-4,6-8,11H,2,5H2,1H3. The van der Waals surface area contributed by atoms with Gasteiger partial charge in [-0.2, -0.15) is 13.2 Å². The molecule has 1 unspecified atom stereocenters. The topological polar surface area (TPSA) is 65.6 Å². The molecular weight excluding hydrogens is 453 g/mol. The van der Waals surface area contributed by atoms with Gasteiger partial charge in [-0.1, -0.05) is 11.6 Å². The van der Waals surface area contributed by atoms with Crippen LogP contribution in [-0.4, -0.2) is 31.9 Å². The van der Waals surface area contributed by atoms with E-state index >= 15 is 0 Å². The van der Waals surface area contributed by atoms with Crippen LogP contribution in [0.4, 0.5) is 17.6 Å². The van der Waals surface area contributed by atoms with Crippen molar-refractivity contribution in [1.29, 1.82) is 0 Å². The average molecular weight is 466 g/mol. The van der Waals surface area contributed by atoms with Crippen LogP contribution in [0.2, 0.25) is 5.02 Å². The molecule has 0 saturated heterocycles. The highest BCUT2D eigenvalue weighted by Gasteiger charge is 2.35. The molecule has 0 saturated carbocycles. The Labute approximate surface area is 176 Å². The molecule has 0 aliphatic heterocycles. The zero-order chi connectivity index (χ0) is 22.2. The lowest BCUT2D eigenvalue weighted by atomic mass is 10.1. The van der Waals surface area contributed by atoms with Crippen molar-refractivity contribution in [2.45, 2.75) is 24.9 Å². The van der Waals surface area contributed by atoms with Crippen LogP contribution in [0.1, 0.15) is 18.2 Å². The van der Waals surface area contributed by atoms with Crippen LogP contribution in [0.25, 0.3) is 11.5 Å². The highest BCUT2D eigenvalue weighted by molar-refractivity contribution is 6.32. The number of carbonyl (C=O) groups excluding carboxylic acids is 1. The summed E-state index contributed by atoms with van der Waals surface area (Å²) in [4.78, 5) is 28.0. The van der Waals surface area contributed by atoms with Crippen LogP contribution >= 0.6 is 23.2 Å². The number of rotatable bonds is 5. The number of esters is 1. The summed E-state index contributed by atoms with van der Waals surface area (Å²) >= 11 is 12.0. The molecule has 12 heteroatoms. The molecule has 30 heavy (non-hydrogen) atoms. The van der Waals surface area contributed by atoms with Crippen molar-refractivity contribution in [1.82, 2.24) is 14.0 Å². The molecule has 1 aromatic carbocycles. The van der Waals surface area contributed by atoms with Gasteiger partial charge in [-0.3, -0.25) is 14.0 Å². The Hall–Kier alpha value is -2.59. The van der Waals surface area contributed by atoms with Crippen molar-refractivity contribution in [3.63, 3.8) is 0 Å². The third-order valence-corrected chi connectivity index (χ3v) is 4.83. The maximum Gasteiger partial charge on any atom is 0.432 e. The Morgan fingerprint density at radius 2 is 2.00 bits per heavy atom. The number of hydrogen-bond donors (Lipinski definition) is 0. The van der Waals surface area contributed by atoms with Gasteiger partial charge in [0.25, 0.3) is 5.56 Å². The minimum Gasteiger partial charge on any atom is -0.465 e. The van der Waals surface area contributed by atoms with Crippen LogP contribution < -0.4 is 5.56 Å². The van der Waals surface area contributed by atoms with E-state index in [-0.39, 0.29) is 23.6 Å². The van der Waals surface area contributed by atoms with Crippen LogP contribution in [-0.2, 0) is 22.1 Å². The number of aromatic nitrogens is 3. The molecule has 0 bridgehead atoms. The number of nitrogens with zero attached hydrogens (tertiary/aromatic N) is 3. The summed E-state index contributed by atoms with van der Waals surface area (Å²) in [5, 5.41) is -1.22. The maximum absolute atomic E-state index is 14.7. The van der Waals surface area contributed by atoms with Gasteiger partial charge in [0.2, 0.25) is 5.78 Å². The maximum atomic E-state index is 14.7. The lowest BCUT2D eigenvalue weighted by molar-refractivity contribution is -0.143. The van der Waals surface area contributed by atoms with E-state index in [1.54, 1.807) is 6.92 Å². The molecule has 0 radical (unpaired) electrons. The summed E-state index contributed by atoms with van der Waals surface area (Å²) in [6.07, 6.45) is -2.94. The van der Waals surface area contributed by atoms with Gasteiger partial charge in [0.1, 0.15) is 16.9 Å². The van der Waals surface area contributed by atoms with Crippen molar-refractivity contribution >= 4 is 34.9 Å². The summed E-state index contributed by atoms with van der Waals surface area (Å²) in [7, 11) is 0. The van der Waals surface area contributed by atoms with E-state index in [9.17, 15) is 27.2 Å². The number of fused-ring (bicyclic) bond motifs is 1. The number of imidazole rings is 1. The molecule has 3 rings (SSSR count). The summed E-state index contributed by atoms with van der Waals surface area (Å²) in [5.41, 5.74) is -2.61. The summed E-state index contributed by atoms with van der Waals surface area (Å²) in [6.45, 7) is 1.69. The Balaban J connectivity index is 2.17. The third kappa shape index (κ3) is 4.15. The summed E-state index contributed by atoms with van der Waals surface area (Å²) < 4.78 is 60.5. The van der Waals surface area contributed by atoms with Crippen LogP contribution in [0.3, 0.4) is 0 Å². The van der Waals surface area contributed by atoms with Gasteiger partial charge in [0.15, 0.2) is 0 Å². The summed E-state index contributed by atoms with van der Waals surface area (Å²) in [5.74, 6) is -2.14. The smallest absolute Gasteiger partial charge is 0.432 e. The van der Waals surface area contributed by atoms with E-state index in [0.717, 1.165) is 24.5 Å². The Morgan fingerprint density at radius 3 is 2.63 bits per heavy atom. The van der Waals surface area contributed by atoms with Gasteiger partial charge in [-0.15, -0.1) is 11.6 Å². The Bertz CT molecular complexity index is 1170. The lowest BCUT2D eigenvalue weighted by Gasteiger charge is -2.16. The van der Waals surface area contributed by atoms with Crippen molar-refractivity contribution in [2.24, 2.45) is 0 Å². The number of ether oxygens (including phenoxy) is 1. The van der Waals surface area contributed by atoms with E-state index in [4.69, 9.17) is 27.9 Å². The molecule has 0 spiro atoms. The fourth-order valence-electron chi connectivity index (χ4n) is 2.86. The van der Waals surface area contributed by atoms with Crippen LogP contribution in [0, 0.1) is 5.82 Å². The highest BCUT2D eigenvalue weighted by Crippen LogP contribution is 2.30. The van der Waals surface area contributed by atoms with Gasteiger partial charge in [0, 0.05) is 29.9 Å². The second kappa shape index (κ2) is 8.27. The van der Waals surface area contributed by atoms with Gasteiger partial charge in [-0.05, 0) is 24.6 Å². The first-order valence-electron chi connectivity index (χ1n) is 8.50. The van der Waals surface area contributed by atoms with E-state index in [0.29, 0.717) is 15.0 Å². The summed E-state index contributed by atoms with van der Waals surface area (Å²) in [6, 6.07) is 2.35. The number of halogens is 6. The van der Waals surface area contributed by atoms with Crippen molar-refractivity contribution in [2.75, 3.05) is 6.61 Å². The Morgan fingerprint density at radius 1 is 1.30 bits per heavy atom. The van der Waals surface area contributed by atoms with Crippen LogP contribution in [0.15, 0.2) is 35.4 Å². The van der Waals surface area contributed by atoms with Gasteiger partial charge < -0.3 is 4.74 Å². The van der Waals surface area contributed by atoms with E-state index in [1.807, 2.05) is 0 Å². The number of carbonyl (C=O) groups is 1. The van der Waals surface area contributed by atoms with Gasteiger partial charge in [-0.25, -0.2) is 13.9 Å². The molecule has 1 atom stereocenters. The molecule has 3 aromatic rings.